The fourth-order valence-corrected chi connectivity index (χ4v) is 9.23. The Kier molecular flexibility index (Phi) is 10.6. The third-order valence-corrected chi connectivity index (χ3v) is 13.4. The summed E-state index contributed by atoms with van der Waals surface area (Å²) >= 11 is 0. The summed E-state index contributed by atoms with van der Waals surface area (Å²) in [4.78, 5) is 52.3. The van der Waals surface area contributed by atoms with Crippen molar-refractivity contribution in [1.29, 1.82) is 0 Å². The van der Waals surface area contributed by atoms with Crippen LogP contribution in [0.15, 0.2) is 88.5 Å². The van der Waals surface area contributed by atoms with Crippen LogP contribution in [0.1, 0.15) is 150 Å². The maximum Gasteiger partial charge on any atom is 0.166 e. The number of nitrogens with zero attached hydrogens (tertiary/aromatic N) is 12. The van der Waals surface area contributed by atoms with Gasteiger partial charge < -0.3 is 19.6 Å². The number of benzene rings is 4. The van der Waals surface area contributed by atoms with Gasteiger partial charge in [-0.25, -0.2) is 39.9 Å². The molecule has 0 amide bonds. The summed E-state index contributed by atoms with van der Waals surface area (Å²) < 4.78 is 0. The number of amidine groups is 8. The highest BCUT2D eigenvalue weighted by Gasteiger charge is 2.38. The Morgan fingerprint density at radius 3 is 0.559 bits per heavy atom. The van der Waals surface area contributed by atoms with Crippen LogP contribution in [0.4, 0.5) is 22.7 Å². The van der Waals surface area contributed by atoms with Crippen LogP contribution in [0.25, 0.3) is 0 Å². The Balaban J connectivity index is 1.47. The smallest absolute Gasteiger partial charge is 0.166 e. The van der Waals surface area contributed by atoms with E-state index in [4.69, 9.17) is 39.9 Å². The zero-order valence-electron chi connectivity index (χ0n) is 44.0. The van der Waals surface area contributed by atoms with Gasteiger partial charge in [-0.3, -0.25) is 0 Å². The topological polar surface area (TPSA) is 112 Å². The number of rotatable bonds is 4. The summed E-state index contributed by atoms with van der Waals surface area (Å²) in [5.41, 5.74) is 15.1. The highest BCUT2D eigenvalue weighted by atomic mass is 15.2. The Hall–Kier alpha value is -6.56. The van der Waals surface area contributed by atoms with Crippen molar-refractivity contribution in [3.8, 4) is 0 Å². The van der Waals surface area contributed by atoms with Gasteiger partial charge in [-0.05, 0) is 92.4 Å². The molecule has 5 heterocycles. The third-order valence-electron chi connectivity index (χ3n) is 13.4. The van der Waals surface area contributed by atoms with Crippen LogP contribution in [0.2, 0.25) is 0 Å². The van der Waals surface area contributed by atoms with E-state index < -0.39 is 0 Å². The van der Waals surface area contributed by atoms with Gasteiger partial charge in [-0.1, -0.05) is 83.1 Å². The maximum atomic E-state index is 5.52. The Labute approximate surface area is 403 Å². The van der Waals surface area contributed by atoms with Gasteiger partial charge >= 0.3 is 0 Å². The molecular formula is C56H68N12. The van der Waals surface area contributed by atoms with Crippen molar-refractivity contribution in [2.75, 3.05) is 76.0 Å². The van der Waals surface area contributed by atoms with Crippen LogP contribution in [0.3, 0.4) is 0 Å². The van der Waals surface area contributed by atoms with Gasteiger partial charge in [0.1, 0.15) is 0 Å². The zero-order chi connectivity index (χ0) is 49.5. The number of hydrogen-bond donors (Lipinski definition) is 0. The van der Waals surface area contributed by atoms with E-state index in [1.807, 2.05) is 0 Å². The lowest BCUT2D eigenvalue weighted by Gasteiger charge is -2.25. The number of hydrogen-bond acceptors (Lipinski definition) is 12. The predicted octanol–water partition coefficient (Wildman–Crippen LogP) is 10.3. The minimum atomic E-state index is -0.169. The van der Waals surface area contributed by atoms with Crippen molar-refractivity contribution in [2.24, 2.45) is 39.9 Å². The molecule has 0 atom stereocenters. The molecule has 0 N–H and O–H groups in total. The van der Waals surface area contributed by atoms with Gasteiger partial charge in [0.2, 0.25) is 0 Å². The van der Waals surface area contributed by atoms with Gasteiger partial charge in [-0.2, -0.15) is 0 Å². The van der Waals surface area contributed by atoms with Gasteiger partial charge in [0.25, 0.3) is 0 Å². The molecule has 352 valence electrons. The maximum absolute atomic E-state index is 5.52. The van der Waals surface area contributed by atoms with Crippen LogP contribution < -0.4 is 19.6 Å². The molecule has 0 aromatic heterocycles. The minimum absolute atomic E-state index is 0.169. The van der Waals surface area contributed by atoms with E-state index in [2.05, 4.69) is 208 Å². The van der Waals surface area contributed by atoms with Gasteiger partial charge in [0.15, 0.2) is 46.7 Å². The fraction of sp³-hybridized carbons (Fsp3) is 0.429. The second kappa shape index (κ2) is 15.5. The van der Waals surface area contributed by atoms with E-state index in [0.717, 1.165) is 89.5 Å². The molecule has 0 saturated carbocycles. The first-order chi connectivity index (χ1) is 31.5. The van der Waals surface area contributed by atoms with Crippen LogP contribution >= 0.6 is 0 Å². The molecule has 0 fully saturated rings. The lowest BCUT2D eigenvalue weighted by Crippen LogP contribution is -2.20. The summed E-state index contributed by atoms with van der Waals surface area (Å²) in [5.74, 6) is 4.25. The molecule has 4 aromatic carbocycles. The van der Waals surface area contributed by atoms with E-state index in [1.165, 1.54) is 0 Å². The second-order valence-corrected chi connectivity index (χ2v) is 23.7. The first-order valence-electron chi connectivity index (χ1n) is 23.7. The fourth-order valence-electron chi connectivity index (χ4n) is 9.23. The summed E-state index contributed by atoms with van der Waals surface area (Å²) in [6.07, 6.45) is 0. The molecule has 0 spiro atoms. The van der Waals surface area contributed by atoms with Crippen molar-refractivity contribution in [1.82, 2.24) is 0 Å². The predicted molar refractivity (Wildman–Crippen MR) is 290 cm³/mol. The first kappa shape index (κ1) is 46.5. The van der Waals surface area contributed by atoms with E-state index in [9.17, 15) is 0 Å². The highest BCUT2D eigenvalue weighted by Crippen LogP contribution is 2.43. The zero-order valence-corrected chi connectivity index (χ0v) is 44.0. The molecular weight excluding hydrogens is 841 g/mol. The van der Waals surface area contributed by atoms with Crippen molar-refractivity contribution < 1.29 is 0 Å². The quantitative estimate of drug-likeness (QED) is 0.203. The molecule has 5 aliphatic rings. The van der Waals surface area contributed by atoms with Crippen molar-refractivity contribution >= 4 is 69.4 Å². The number of anilines is 4. The summed E-state index contributed by atoms with van der Waals surface area (Å²) in [6, 6.07) is 18.0. The van der Waals surface area contributed by atoms with Crippen LogP contribution in [-0.4, -0.2) is 103 Å². The molecule has 0 saturated heterocycles. The average Bonchev–Trinajstić information content (AvgIpc) is 3.96. The Morgan fingerprint density at radius 1 is 0.250 bits per heavy atom. The Morgan fingerprint density at radius 2 is 0.412 bits per heavy atom. The highest BCUT2D eigenvalue weighted by molar-refractivity contribution is 6.37. The van der Waals surface area contributed by atoms with Gasteiger partial charge in [0.05, 0.1) is 22.3 Å². The monoisotopic (exact) mass is 909 g/mol. The summed E-state index contributed by atoms with van der Waals surface area (Å²) in [7, 11) is 16.6. The minimum Gasteiger partial charge on any atom is -0.377 e. The van der Waals surface area contributed by atoms with Crippen molar-refractivity contribution in [3.05, 3.63) is 115 Å². The molecule has 8 bridgehead atoms. The largest absolute Gasteiger partial charge is 0.377 e. The lowest BCUT2D eigenvalue weighted by atomic mass is 9.84. The number of aliphatic imine (C=N–C) groups is 8. The molecule has 9 rings (SSSR count). The SMILES string of the molecule is CN(C)c1cc(C(C)(C)C)cc2c1C1=NC2=NC2=NC(=NC3=NC(=NC4=NC(=N1)c1cc(C(C)(C)C)cc(N(C)C)c14)c1cc(C(C)(C)C)cc(N(C)C)c13)c1cc(C(C)(C)C)cc(N(C)C)c12. The van der Waals surface area contributed by atoms with Crippen LogP contribution in [0.5, 0.6) is 0 Å². The first-order valence-corrected chi connectivity index (χ1v) is 23.7. The average molecular weight is 909 g/mol. The lowest BCUT2D eigenvalue weighted by molar-refractivity contribution is 0.590. The van der Waals surface area contributed by atoms with Crippen LogP contribution in [0, 0.1) is 0 Å². The van der Waals surface area contributed by atoms with E-state index in [0.29, 0.717) is 46.7 Å². The molecule has 12 nitrogen and oxygen atoms in total. The van der Waals surface area contributed by atoms with Gasteiger partial charge in [0, 0.05) is 101 Å². The molecule has 0 unspecified atom stereocenters. The van der Waals surface area contributed by atoms with Crippen molar-refractivity contribution in [2.45, 2.75) is 105 Å². The van der Waals surface area contributed by atoms with Crippen molar-refractivity contribution in [3.63, 3.8) is 0 Å². The standard InChI is InChI=1S/C56H68N12/c1-53(2,3)29-21-33-41(37(25-29)65(13)14)49-57-45(33)61-50-42-34(22-30(54(4,5)6)26-38(42)66(15)16)47(58-50)63-52-44-36(24-32(56(10,11)12)28-40(44)68(19)20)48(60-52)64-51-43-35(46(59-51)62-49)23-31(55(7,8)9)27-39(43)67(17)18/h21-28H,1-20H3. The second-order valence-electron chi connectivity index (χ2n) is 23.7. The molecule has 4 aromatic rings. The van der Waals surface area contributed by atoms with Crippen LogP contribution in [-0.2, 0) is 21.7 Å². The number of fused-ring (bicyclic) bond motifs is 16. The molecule has 68 heavy (non-hydrogen) atoms. The molecule has 0 aliphatic carbocycles. The van der Waals surface area contributed by atoms with E-state index in [1.54, 1.807) is 0 Å². The normalized spacial score (nSPS) is 16.1. The summed E-state index contributed by atoms with van der Waals surface area (Å²) in [5, 5.41) is 0. The Bertz CT molecular complexity index is 2710. The molecule has 5 aliphatic heterocycles. The van der Waals surface area contributed by atoms with Gasteiger partial charge in [-0.15, -0.1) is 0 Å². The molecule has 12 heteroatoms. The third kappa shape index (κ3) is 7.79. The van der Waals surface area contributed by atoms with E-state index >= 15 is 0 Å². The molecule has 0 radical (unpaired) electrons. The summed E-state index contributed by atoms with van der Waals surface area (Å²) in [6.45, 7) is 26.9. The van der Waals surface area contributed by atoms with E-state index in [-0.39, 0.29) is 21.7 Å².